The number of hydrogen-bond donors (Lipinski definition) is 0. The number of rotatable bonds is 5. The summed E-state index contributed by atoms with van der Waals surface area (Å²) in [5.41, 5.74) is 1.86. The van der Waals surface area contributed by atoms with Crippen molar-refractivity contribution in [3.05, 3.63) is 23.9 Å². The highest BCUT2D eigenvalue weighted by molar-refractivity contribution is 7.80. The molecule has 0 bridgehead atoms. The summed E-state index contributed by atoms with van der Waals surface area (Å²) >= 11 is 5.43. The van der Waals surface area contributed by atoms with Gasteiger partial charge in [0.25, 0.3) is 0 Å². The number of thiocarbonyl (C=S) groups is 1. The molecule has 3 aliphatic heterocycles. The van der Waals surface area contributed by atoms with Crippen molar-refractivity contribution in [1.29, 1.82) is 0 Å². The molecule has 1 unspecified atom stereocenters. The molecule has 1 amide bonds. The maximum absolute atomic E-state index is 13.1. The van der Waals surface area contributed by atoms with Gasteiger partial charge in [-0.1, -0.05) is 6.92 Å². The number of ether oxygens (including phenoxy) is 1. The van der Waals surface area contributed by atoms with Crippen LogP contribution in [0.3, 0.4) is 0 Å². The minimum Gasteiger partial charge on any atom is -0.378 e. The van der Waals surface area contributed by atoms with Crippen LogP contribution in [0.1, 0.15) is 26.2 Å². The summed E-state index contributed by atoms with van der Waals surface area (Å²) in [7, 11) is 0. The van der Waals surface area contributed by atoms with Crippen molar-refractivity contribution in [2.45, 2.75) is 26.2 Å². The first-order valence-corrected chi connectivity index (χ1v) is 10.9. The first kappa shape index (κ1) is 19.7. The van der Waals surface area contributed by atoms with Gasteiger partial charge < -0.3 is 14.5 Å². The van der Waals surface area contributed by atoms with Crippen LogP contribution in [0.15, 0.2) is 28.9 Å². The highest BCUT2D eigenvalue weighted by atomic mass is 32.1. The lowest BCUT2D eigenvalue weighted by molar-refractivity contribution is -0.128. The summed E-state index contributed by atoms with van der Waals surface area (Å²) in [6.07, 6.45) is 9.53. The molecule has 0 aromatic rings. The van der Waals surface area contributed by atoms with Gasteiger partial charge in [-0.15, -0.1) is 0 Å². The molecule has 2 saturated heterocycles. The van der Waals surface area contributed by atoms with Crippen LogP contribution in [0.5, 0.6) is 0 Å². The fourth-order valence-electron chi connectivity index (χ4n) is 4.30. The summed E-state index contributed by atoms with van der Waals surface area (Å²) in [6, 6.07) is 0. The Morgan fingerprint density at radius 1 is 1.14 bits per heavy atom. The van der Waals surface area contributed by atoms with Crippen molar-refractivity contribution >= 4 is 28.9 Å². The standard InChI is InChI=1S/C21H30N4O2S/c1-16-5-9-23(10-6-16)7-2-8-25-20(26)18-15-17(24-11-13-27-14-12-24)3-4-19(18)22-21(25)28/h3-4,15-16,18H,2,5-14H2,1H3. The van der Waals surface area contributed by atoms with E-state index in [1.165, 1.54) is 25.9 Å². The number of carbonyl (C=O) groups excluding carboxylic acids is 1. The van der Waals surface area contributed by atoms with E-state index in [1.807, 2.05) is 18.2 Å². The van der Waals surface area contributed by atoms with E-state index in [0.717, 1.165) is 56.6 Å². The average Bonchev–Trinajstić information content (AvgIpc) is 2.72. The largest absolute Gasteiger partial charge is 0.378 e. The van der Waals surface area contributed by atoms with Crippen LogP contribution in [0.4, 0.5) is 0 Å². The van der Waals surface area contributed by atoms with Gasteiger partial charge in [-0.25, -0.2) is 4.99 Å². The van der Waals surface area contributed by atoms with Crippen molar-refractivity contribution in [3.63, 3.8) is 0 Å². The van der Waals surface area contributed by atoms with Gasteiger partial charge in [-0.2, -0.15) is 0 Å². The van der Waals surface area contributed by atoms with Gasteiger partial charge in [0.1, 0.15) is 5.92 Å². The van der Waals surface area contributed by atoms with Gasteiger partial charge in [0, 0.05) is 25.3 Å². The number of nitrogens with zero attached hydrogens (tertiary/aromatic N) is 4. The molecule has 1 atom stereocenters. The molecule has 0 aromatic heterocycles. The van der Waals surface area contributed by atoms with E-state index < -0.39 is 0 Å². The zero-order valence-electron chi connectivity index (χ0n) is 16.7. The second-order valence-corrected chi connectivity index (χ2v) is 8.55. The highest BCUT2D eigenvalue weighted by Gasteiger charge is 2.35. The Hall–Kier alpha value is -1.57. The molecule has 0 aromatic carbocycles. The third-order valence-corrected chi connectivity index (χ3v) is 6.49. The maximum Gasteiger partial charge on any atom is 0.241 e. The number of hydrogen-bond acceptors (Lipinski definition) is 5. The van der Waals surface area contributed by atoms with E-state index in [-0.39, 0.29) is 11.8 Å². The first-order valence-electron chi connectivity index (χ1n) is 10.5. The molecule has 28 heavy (non-hydrogen) atoms. The van der Waals surface area contributed by atoms with Gasteiger partial charge in [-0.05, 0) is 75.3 Å². The zero-order valence-corrected chi connectivity index (χ0v) is 17.5. The number of aliphatic imine (C=N–C) groups is 1. The van der Waals surface area contributed by atoms with Crippen molar-refractivity contribution in [3.8, 4) is 0 Å². The Labute approximate surface area is 172 Å². The molecule has 6 nitrogen and oxygen atoms in total. The molecule has 3 heterocycles. The van der Waals surface area contributed by atoms with E-state index in [2.05, 4.69) is 21.7 Å². The number of carbonyl (C=O) groups is 1. The van der Waals surface area contributed by atoms with Crippen molar-refractivity contribution in [1.82, 2.24) is 14.7 Å². The molecular formula is C21H30N4O2S. The van der Waals surface area contributed by atoms with E-state index >= 15 is 0 Å². The molecule has 4 aliphatic rings. The predicted octanol–water partition coefficient (Wildman–Crippen LogP) is 2.08. The van der Waals surface area contributed by atoms with E-state index in [1.54, 1.807) is 4.90 Å². The monoisotopic (exact) mass is 402 g/mol. The molecule has 1 aliphatic carbocycles. The first-order chi connectivity index (χ1) is 13.6. The molecule has 0 N–H and O–H groups in total. The summed E-state index contributed by atoms with van der Waals surface area (Å²) in [5, 5.41) is 0.413. The highest BCUT2D eigenvalue weighted by Crippen LogP contribution is 2.25. The number of amides is 1. The summed E-state index contributed by atoms with van der Waals surface area (Å²) in [4.78, 5) is 24.2. The third kappa shape index (κ3) is 4.36. The summed E-state index contributed by atoms with van der Waals surface area (Å²) < 4.78 is 5.44. The second-order valence-electron chi connectivity index (χ2n) is 8.19. The quantitative estimate of drug-likeness (QED) is 0.659. The Bertz CT molecular complexity index is 703. The molecule has 152 valence electrons. The number of likely N-dealkylation sites (tertiary alicyclic amines) is 1. The lowest BCUT2D eigenvalue weighted by atomic mass is 9.93. The van der Waals surface area contributed by atoms with Crippen molar-refractivity contribution in [2.75, 3.05) is 52.5 Å². The Kier molecular flexibility index (Phi) is 6.23. The van der Waals surface area contributed by atoms with E-state index in [0.29, 0.717) is 11.7 Å². The molecule has 4 rings (SSSR count). The lowest BCUT2D eigenvalue weighted by Gasteiger charge is -2.35. The van der Waals surface area contributed by atoms with Crippen LogP contribution in [-0.4, -0.2) is 83.9 Å². The van der Waals surface area contributed by atoms with Gasteiger partial charge >= 0.3 is 0 Å². The minimum absolute atomic E-state index is 0.0670. The van der Waals surface area contributed by atoms with E-state index in [4.69, 9.17) is 17.0 Å². The SMILES string of the molecule is CC1CCN(CCCN2C(=O)C3C=C(N4CCOCC4)C=CC3=NC2=S)CC1. The zero-order chi connectivity index (χ0) is 19.5. The van der Waals surface area contributed by atoms with E-state index in [9.17, 15) is 4.79 Å². The Morgan fingerprint density at radius 3 is 2.64 bits per heavy atom. The van der Waals surface area contributed by atoms with Crippen LogP contribution in [-0.2, 0) is 9.53 Å². The smallest absolute Gasteiger partial charge is 0.241 e. The minimum atomic E-state index is -0.314. The number of piperidine rings is 1. The normalized spacial score (nSPS) is 27.0. The molecule has 0 radical (unpaired) electrons. The average molecular weight is 403 g/mol. The fourth-order valence-corrected chi connectivity index (χ4v) is 4.59. The van der Waals surface area contributed by atoms with Gasteiger partial charge in [0.05, 0.1) is 18.9 Å². The van der Waals surface area contributed by atoms with Crippen LogP contribution in [0.25, 0.3) is 0 Å². The van der Waals surface area contributed by atoms with Crippen LogP contribution < -0.4 is 0 Å². The van der Waals surface area contributed by atoms with Gasteiger partial charge in [0.2, 0.25) is 11.0 Å². The molecule has 0 saturated carbocycles. The predicted molar refractivity (Wildman–Crippen MR) is 114 cm³/mol. The van der Waals surface area contributed by atoms with Crippen molar-refractivity contribution < 1.29 is 9.53 Å². The molecule has 7 heteroatoms. The fraction of sp³-hybridized carbons (Fsp3) is 0.667. The van der Waals surface area contributed by atoms with Crippen molar-refractivity contribution in [2.24, 2.45) is 16.8 Å². The summed E-state index contributed by atoms with van der Waals surface area (Å²) in [5.74, 6) is 0.592. The maximum atomic E-state index is 13.1. The van der Waals surface area contributed by atoms with Crippen LogP contribution >= 0.6 is 12.2 Å². The topological polar surface area (TPSA) is 48.4 Å². The van der Waals surface area contributed by atoms with Crippen LogP contribution in [0, 0.1) is 11.8 Å². The summed E-state index contributed by atoms with van der Waals surface area (Å²) in [6.45, 7) is 9.53. The Balaban J connectivity index is 1.37. The van der Waals surface area contributed by atoms with Crippen LogP contribution in [0.2, 0.25) is 0 Å². The number of allylic oxidation sites excluding steroid dienone is 2. The van der Waals surface area contributed by atoms with Gasteiger partial charge in [0.15, 0.2) is 0 Å². The second kappa shape index (κ2) is 8.84. The number of morpholine rings is 1. The lowest BCUT2D eigenvalue weighted by Crippen LogP contribution is -2.48. The van der Waals surface area contributed by atoms with Gasteiger partial charge in [-0.3, -0.25) is 9.69 Å². The Morgan fingerprint density at radius 2 is 1.89 bits per heavy atom. The number of fused-ring (bicyclic) bond motifs is 1. The molecule has 0 spiro atoms. The molecule has 2 fully saturated rings. The third-order valence-electron chi connectivity index (χ3n) is 6.18. The molecular weight excluding hydrogens is 372 g/mol.